The zero-order chi connectivity index (χ0) is 23.4. The van der Waals surface area contributed by atoms with Gasteiger partial charge in [0, 0.05) is 22.0 Å². The Balaban J connectivity index is 1.80. The number of methoxy groups -OCH3 is 3. The van der Waals surface area contributed by atoms with Gasteiger partial charge >= 0.3 is 0 Å². The van der Waals surface area contributed by atoms with Crippen LogP contribution in [0.3, 0.4) is 0 Å². The van der Waals surface area contributed by atoms with E-state index in [2.05, 4.69) is 10.2 Å². The standard InChI is InChI=1S/C24H21ClFN3O3S/c1-30-20-12-16(13-21(31-2)22(20)32-3)23-27-28-24(29(23)19-10-8-18(26)9-11-19)33-14-15-4-6-17(25)7-5-15/h4-13H,14H2,1-3H3. The van der Waals surface area contributed by atoms with Crippen LogP contribution in [0.5, 0.6) is 17.2 Å². The first-order valence-corrected chi connectivity index (χ1v) is 11.3. The van der Waals surface area contributed by atoms with Crippen molar-refractivity contribution < 1.29 is 18.6 Å². The number of hydrogen-bond acceptors (Lipinski definition) is 6. The Hall–Kier alpha value is -3.23. The Morgan fingerprint density at radius 1 is 0.879 bits per heavy atom. The monoisotopic (exact) mass is 485 g/mol. The molecule has 0 aliphatic rings. The molecule has 0 N–H and O–H groups in total. The molecule has 0 atom stereocenters. The van der Waals surface area contributed by atoms with E-state index in [1.165, 1.54) is 23.9 Å². The third-order valence-electron chi connectivity index (χ3n) is 4.92. The van der Waals surface area contributed by atoms with Crippen LogP contribution < -0.4 is 14.2 Å². The molecular weight excluding hydrogens is 465 g/mol. The van der Waals surface area contributed by atoms with Crippen molar-refractivity contribution in [3.63, 3.8) is 0 Å². The molecule has 0 bridgehead atoms. The van der Waals surface area contributed by atoms with Crippen LogP contribution in [0, 0.1) is 5.82 Å². The molecule has 4 aromatic rings. The molecule has 0 saturated carbocycles. The summed E-state index contributed by atoms with van der Waals surface area (Å²) in [4.78, 5) is 0. The predicted octanol–water partition coefficient (Wildman–Crippen LogP) is 6.04. The zero-order valence-corrected chi connectivity index (χ0v) is 19.8. The van der Waals surface area contributed by atoms with E-state index in [-0.39, 0.29) is 5.82 Å². The average Bonchev–Trinajstić information content (AvgIpc) is 3.27. The van der Waals surface area contributed by atoms with E-state index in [1.807, 2.05) is 28.8 Å². The third-order valence-corrected chi connectivity index (χ3v) is 6.17. The summed E-state index contributed by atoms with van der Waals surface area (Å²) in [5.41, 5.74) is 2.52. The molecule has 170 valence electrons. The highest BCUT2D eigenvalue weighted by Gasteiger charge is 2.21. The maximum absolute atomic E-state index is 13.6. The van der Waals surface area contributed by atoms with E-state index in [0.717, 1.165) is 11.3 Å². The molecule has 0 aliphatic heterocycles. The van der Waals surface area contributed by atoms with Crippen LogP contribution in [0.25, 0.3) is 17.1 Å². The summed E-state index contributed by atoms with van der Waals surface area (Å²) in [5, 5.41) is 10.2. The molecule has 3 aromatic carbocycles. The maximum atomic E-state index is 13.6. The fraction of sp³-hybridized carbons (Fsp3) is 0.167. The smallest absolute Gasteiger partial charge is 0.203 e. The number of aromatic nitrogens is 3. The van der Waals surface area contributed by atoms with E-state index in [0.29, 0.717) is 44.6 Å². The van der Waals surface area contributed by atoms with Crippen LogP contribution >= 0.6 is 23.4 Å². The molecule has 0 spiro atoms. The summed E-state index contributed by atoms with van der Waals surface area (Å²) >= 11 is 7.51. The minimum Gasteiger partial charge on any atom is -0.493 e. The van der Waals surface area contributed by atoms with Gasteiger partial charge in [-0.3, -0.25) is 4.57 Å². The van der Waals surface area contributed by atoms with Gasteiger partial charge in [0.25, 0.3) is 0 Å². The van der Waals surface area contributed by atoms with Crippen molar-refractivity contribution in [2.75, 3.05) is 21.3 Å². The molecule has 6 nitrogen and oxygen atoms in total. The van der Waals surface area contributed by atoms with Crippen LogP contribution in [-0.4, -0.2) is 36.1 Å². The molecule has 0 aliphatic carbocycles. The number of rotatable bonds is 8. The highest BCUT2D eigenvalue weighted by atomic mass is 35.5. The van der Waals surface area contributed by atoms with Crippen molar-refractivity contribution in [1.29, 1.82) is 0 Å². The molecule has 0 fully saturated rings. The molecule has 0 unspecified atom stereocenters. The number of halogens is 2. The number of thioether (sulfide) groups is 1. The van der Waals surface area contributed by atoms with Crippen molar-refractivity contribution in [2.45, 2.75) is 10.9 Å². The fourth-order valence-corrected chi connectivity index (χ4v) is 4.35. The molecule has 0 amide bonds. The Morgan fingerprint density at radius 2 is 1.52 bits per heavy atom. The third kappa shape index (κ3) is 4.91. The van der Waals surface area contributed by atoms with Gasteiger partial charge in [-0.25, -0.2) is 4.39 Å². The van der Waals surface area contributed by atoms with Crippen LogP contribution in [0.2, 0.25) is 5.02 Å². The predicted molar refractivity (Wildman–Crippen MR) is 127 cm³/mol. The normalized spacial score (nSPS) is 10.8. The SMILES string of the molecule is COc1cc(-c2nnc(SCc3ccc(Cl)cc3)n2-c2ccc(F)cc2)cc(OC)c1OC. The molecule has 1 heterocycles. The van der Waals surface area contributed by atoms with Gasteiger partial charge in [-0.1, -0.05) is 35.5 Å². The molecule has 0 saturated heterocycles. The molecule has 1 aromatic heterocycles. The van der Waals surface area contributed by atoms with Crippen molar-refractivity contribution in [3.8, 4) is 34.3 Å². The minimum atomic E-state index is -0.323. The summed E-state index contributed by atoms with van der Waals surface area (Å²) < 4.78 is 31.9. The lowest BCUT2D eigenvalue weighted by atomic mass is 10.1. The first kappa shape index (κ1) is 22.9. The highest BCUT2D eigenvalue weighted by Crippen LogP contribution is 2.42. The molecule has 4 rings (SSSR count). The van der Waals surface area contributed by atoms with Gasteiger partial charge in [0.1, 0.15) is 5.82 Å². The van der Waals surface area contributed by atoms with Gasteiger partial charge in [-0.15, -0.1) is 10.2 Å². The second-order valence-electron chi connectivity index (χ2n) is 6.95. The van der Waals surface area contributed by atoms with Crippen LogP contribution in [0.1, 0.15) is 5.56 Å². The number of nitrogens with zero attached hydrogens (tertiary/aromatic N) is 3. The lowest BCUT2D eigenvalue weighted by Crippen LogP contribution is -2.01. The van der Waals surface area contributed by atoms with Crippen molar-refractivity contribution in [1.82, 2.24) is 14.8 Å². The second-order valence-corrected chi connectivity index (χ2v) is 8.33. The van der Waals surface area contributed by atoms with Crippen LogP contribution in [-0.2, 0) is 5.75 Å². The first-order chi connectivity index (χ1) is 16.0. The Labute approximate surface area is 200 Å². The summed E-state index contributed by atoms with van der Waals surface area (Å²) in [6.45, 7) is 0. The largest absolute Gasteiger partial charge is 0.493 e. The average molecular weight is 486 g/mol. The van der Waals surface area contributed by atoms with Crippen LogP contribution in [0.15, 0.2) is 65.8 Å². The lowest BCUT2D eigenvalue weighted by molar-refractivity contribution is 0.324. The van der Waals surface area contributed by atoms with E-state index >= 15 is 0 Å². The van der Waals surface area contributed by atoms with Gasteiger partial charge in [0.05, 0.1) is 21.3 Å². The molecule has 0 radical (unpaired) electrons. The van der Waals surface area contributed by atoms with Gasteiger partial charge < -0.3 is 14.2 Å². The van der Waals surface area contributed by atoms with Gasteiger partial charge in [-0.2, -0.15) is 0 Å². The topological polar surface area (TPSA) is 58.4 Å². The van der Waals surface area contributed by atoms with Crippen molar-refractivity contribution >= 4 is 23.4 Å². The number of hydrogen-bond donors (Lipinski definition) is 0. The summed E-state index contributed by atoms with van der Waals surface area (Å²) in [5.74, 6) is 2.36. The van der Waals surface area contributed by atoms with Crippen LogP contribution in [0.4, 0.5) is 4.39 Å². The minimum absolute atomic E-state index is 0.323. The summed E-state index contributed by atoms with van der Waals surface area (Å²) in [6.07, 6.45) is 0. The van der Waals surface area contributed by atoms with Gasteiger partial charge in [0.2, 0.25) is 5.75 Å². The van der Waals surface area contributed by atoms with E-state index in [1.54, 1.807) is 45.6 Å². The van der Waals surface area contributed by atoms with E-state index in [4.69, 9.17) is 25.8 Å². The molecule has 33 heavy (non-hydrogen) atoms. The Morgan fingerprint density at radius 3 is 2.09 bits per heavy atom. The quantitative estimate of drug-likeness (QED) is 0.283. The first-order valence-electron chi connectivity index (χ1n) is 9.93. The number of benzene rings is 3. The summed E-state index contributed by atoms with van der Waals surface area (Å²) in [6, 6.07) is 17.4. The van der Waals surface area contributed by atoms with Gasteiger partial charge in [0.15, 0.2) is 22.5 Å². The number of ether oxygens (including phenoxy) is 3. The molecule has 9 heteroatoms. The Bertz CT molecular complexity index is 1220. The lowest BCUT2D eigenvalue weighted by Gasteiger charge is -2.15. The zero-order valence-electron chi connectivity index (χ0n) is 18.2. The van der Waals surface area contributed by atoms with Gasteiger partial charge in [-0.05, 0) is 54.1 Å². The van der Waals surface area contributed by atoms with Crippen molar-refractivity contribution in [3.05, 3.63) is 77.1 Å². The highest BCUT2D eigenvalue weighted by molar-refractivity contribution is 7.98. The van der Waals surface area contributed by atoms with Crippen molar-refractivity contribution in [2.24, 2.45) is 0 Å². The Kier molecular flexibility index (Phi) is 7.05. The van der Waals surface area contributed by atoms with E-state index < -0.39 is 0 Å². The second kappa shape index (κ2) is 10.1. The molecular formula is C24H21ClFN3O3S. The fourth-order valence-electron chi connectivity index (χ4n) is 3.31. The maximum Gasteiger partial charge on any atom is 0.203 e. The van der Waals surface area contributed by atoms with E-state index in [9.17, 15) is 4.39 Å². The summed E-state index contributed by atoms with van der Waals surface area (Å²) in [7, 11) is 4.66.